The van der Waals surface area contributed by atoms with Crippen LogP contribution < -0.4 is 0 Å². The van der Waals surface area contributed by atoms with E-state index < -0.39 is 9.84 Å². The van der Waals surface area contributed by atoms with Crippen LogP contribution in [0, 0.1) is 6.92 Å². The summed E-state index contributed by atoms with van der Waals surface area (Å²) in [5.41, 5.74) is 2.10. The third-order valence-corrected chi connectivity index (χ3v) is 6.76. The number of hydrogen-bond acceptors (Lipinski definition) is 7. The second kappa shape index (κ2) is 7.78. The first-order valence-corrected chi connectivity index (χ1v) is 11.9. The number of piperidine rings is 1. The van der Waals surface area contributed by atoms with E-state index in [0.29, 0.717) is 43.0 Å². The van der Waals surface area contributed by atoms with Crippen LogP contribution in [0.5, 0.6) is 0 Å². The number of likely N-dealkylation sites (tertiary alicyclic amines) is 1. The molecular formula is C19H25N7O3S. The van der Waals surface area contributed by atoms with Gasteiger partial charge in [-0.2, -0.15) is 19.7 Å². The molecule has 3 aromatic rings. The number of aryl methyl sites for hydroxylation is 1. The maximum atomic E-state index is 13.0. The van der Waals surface area contributed by atoms with Crippen LogP contribution in [-0.2, 0) is 16.4 Å². The van der Waals surface area contributed by atoms with Crippen molar-refractivity contribution < 1.29 is 13.2 Å². The quantitative estimate of drug-likeness (QED) is 0.600. The molecule has 3 aromatic heterocycles. The van der Waals surface area contributed by atoms with E-state index in [4.69, 9.17) is 0 Å². The van der Waals surface area contributed by atoms with Crippen molar-refractivity contribution in [2.45, 2.75) is 50.5 Å². The van der Waals surface area contributed by atoms with E-state index in [0.717, 1.165) is 18.7 Å². The Morgan fingerprint density at radius 2 is 1.90 bits per heavy atom. The maximum Gasteiger partial charge on any atom is 0.257 e. The zero-order valence-corrected chi connectivity index (χ0v) is 18.1. The Kier molecular flexibility index (Phi) is 5.31. The monoisotopic (exact) mass is 431 g/mol. The fourth-order valence-electron chi connectivity index (χ4n) is 4.06. The van der Waals surface area contributed by atoms with Crippen molar-refractivity contribution in [3.05, 3.63) is 35.7 Å². The minimum Gasteiger partial charge on any atom is -0.338 e. The molecule has 160 valence electrons. The lowest BCUT2D eigenvalue weighted by Crippen LogP contribution is -2.38. The van der Waals surface area contributed by atoms with E-state index in [1.165, 1.54) is 23.3 Å². The molecule has 0 atom stereocenters. The molecule has 1 aliphatic heterocycles. The van der Waals surface area contributed by atoms with Crippen molar-refractivity contribution in [3.8, 4) is 0 Å². The van der Waals surface area contributed by atoms with E-state index in [-0.39, 0.29) is 16.7 Å². The molecule has 0 aromatic carbocycles. The number of rotatable bonds is 5. The van der Waals surface area contributed by atoms with E-state index in [2.05, 4.69) is 27.1 Å². The molecule has 1 amide bonds. The molecule has 0 bridgehead atoms. The molecule has 0 saturated carbocycles. The molecular weight excluding hydrogens is 406 g/mol. The topological polar surface area (TPSA) is 115 Å². The first-order valence-electron chi connectivity index (χ1n) is 10.0. The van der Waals surface area contributed by atoms with Gasteiger partial charge < -0.3 is 4.90 Å². The zero-order chi connectivity index (χ0) is 21.5. The van der Waals surface area contributed by atoms with Gasteiger partial charge >= 0.3 is 0 Å². The second-order valence-electron chi connectivity index (χ2n) is 7.68. The van der Waals surface area contributed by atoms with Crippen molar-refractivity contribution in [1.29, 1.82) is 0 Å². The number of aromatic nitrogens is 6. The van der Waals surface area contributed by atoms with Gasteiger partial charge in [0.15, 0.2) is 9.84 Å². The molecule has 11 heteroatoms. The summed E-state index contributed by atoms with van der Waals surface area (Å²) in [6.07, 6.45) is 7.76. The number of hydrogen-bond donors (Lipinski definition) is 0. The zero-order valence-electron chi connectivity index (χ0n) is 17.3. The van der Waals surface area contributed by atoms with Crippen molar-refractivity contribution in [2.24, 2.45) is 0 Å². The lowest BCUT2D eigenvalue weighted by Gasteiger charge is -2.32. The van der Waals surface area contributed by atoms with Crippen LogP contribution >= 0.6 is 0 Å². The van der Waals surface area contributed by atoms with Crippen molar-refractivity contribution >= 4 is 21.5 Å². The molecule has 0 radical (unpaired) electrons. The maximum absolute atomic E-state index is 13.0. The fourth-order valence-corrected chi connectivity index (χ4v) is 4.94. The number of amides is 1. The number of fused-ring (bicyclic) bond motifs is 1. The van der Waals surface area contributed by atoms with Crippen LogP contribution in [0.3, 0.4) is 0 Å². The standard InChI is InChI=1S/C19H25N7O3S/c1-4-7-25-13(2)15(10-22-25)18(27)24-8-5-14(6-9-24)17-16(30(3,28)29)11-20-19-21-12-23-26(17)19/h10-12,14H,4-9H2,1-3H3. The summed E-state index contributed by atoms with van der Waals surface area (Å²) in [5, 5.41) is 8.52. The summed E-state index contributed by atoms with van der Waals surface area (Å²) in [6, 6.07) is 0. The highest BCUT2D eigenvalue weighted by Crippen LogP contribution is 2.32. The van der Waals surface area contributed by atoms with Gasteiger partial charge in [-0.25, -0.2) is 13.4 Å². The van der Waals surface area contributed by atoms with Gasteiger partial charge in [0.1, 0.15) is 11.2 Å². The molecule has 10 nitrogen and oxygen atoms in total. The lowest BCUT2D eigenvalue weighted by atomic mass is 9.93. The van der Waals surface area contributed by atoms with Crippen molar-refractivity contribution in [2.75, 3.05) is 19.3 Å². The van der Waals surface area contributed by atoms with Crippen molar-refractivity contribution in [1.82, 2.24) is 34.3 Å². The first-order chi connectivity index (χ1) is 14.3. The van der Waals surface area contributed by atoms with Gasteiger partial charge in [0.25, 0.3) is 11.7 Å². The SMILES string of the molecule is CCCn1ncc(C(=O)N2CCC(c3c(S(C)(=O)=O)cnc4ncnn34)CC2)c1C. The Labute approximate surface area is 174 Å². The van der Waals surface area contributed by atoms with E-state index >= 15 is 0 Å². The number of nitrogens with zero attached hydrogens (tertiary/aromatic N) is 7. The van der Waals surface area contributed by atoms with E-state index in [1.54, 1.807) is 6.20 Å². The molecule has 0 aliphatic carbocycles. The summed E-state index contributed by atoms with van der Waals surface area (Å²) < 4.78 is 28.0. The fraction of sp³-hybridized carbons (Fsp3) is 0.526. The molecule has 1 saturated heterocycles. The third kappa shape index (κ3) is 3.57. The molecule has 4 heterocycles. The third-order valence-electron chi connectivity index (χ3n) is 5.65. The second-order valence-corrected chi connectivity index (χ2v) is 9.67. The largest absolute Gasteiger partial charge is 0.338 e. The number of sulfone groups is 1. The molecule has 1 fully saturated rings. The average molecular weight is 432 g/mol. The average Bonchev–Trinajstić information content (AvgIpc) is 3.33. The van der Waals surface area contributed by atoms with Gasteiger partial charge in [-0.05, 0) is 26.2 Å². The first kappa shape index (κ1) is 20.5. The highest BCUT2D eigenvalue weighted by Gasteiger charge is 2.31. The summed E-state index contributed by atoms with van der Waals surface area (Å²) in [4.78, 5) is 23.2. The molecule has 0 unspecified atom stereocenters. The molecule has 30 heavy (non-hydrogen) atoms. The molecule has 0 N–H and O–H groups in total. The highest BCUT2D eigenvalue weighted by atomic mass is 32.2. The number of carbonyl (C=O) groups excluding carboxylic acids is 1. The highest BCUT2D eigenvalue weighted by molar-refractivity contribution is 7.90. The molecule has 1 aliphatic rings. The molecule has 4 rings (SSSR count). The van der Waals surface area contributed by atoms with Gasteiger partial charge in [0.05, 0.1) is 23.7 Å². The van der Waals surface area contributed by atoms with Crippen LogP contribution in [0.1, 0.15) is 53.8 Å². The number of carbonyl (C=O) groups is 1. The van der Waals surface area contributed by atoms with Gasteiger partial charge in [-0.15, -0.1) is 0 Å². The van der Waals surface area contributed by atoms with E-state index in [9.17, 15) is 13.2 Å². The Morgan fingerprint density at radius 3 is 2.57 bits per heavy atom. The summed E-state index contributed by atoms with van der Waals surface area (Å²) in [7, 11) is -3.48. The summed E-state index contributed by atoms with van der Waals surface area (Å²) in [5.74, 6) is 0.280. The van der Waals surface area contributed by atoms with Crippen LogP contribution in [0.4, 0.5) is 0 Å². The Bertz CT molecular complexity index is 1190. The van der Waals surface area contributed by atoms with Crippen LogP contribution in [0.15, 0.2) is 23.6 Å². The van der Waals surface area contributed by atoms with Gasteiger partial charge in [-0.1, -0.05) is 6.92 Å². The Morgan fingerprint density at radius 1 is 1.17 bits per heavy atom. The van der Waals surface area contributed by atoms with Crippen molar-refractivity contribution in [3.63, 3.8) is 0 Å². The van der Waals surface area contributed by atoms with Gasteiger partial charge in [0, 0.05) is 37.5 Å². The Hall–Kier alpha value is -2.82. The minimum absolute atomic E-state index is 0.0303. The predicted molar refractivity (Wildman–Crippen MR) is 109 cm³/mol. The smallest absolute Gasteiger partial charge is 0.257 e. The predicted octanol–water partition coefficient (Wildman–Crippen LogP) is 1.46. The summed E-state index contributed by atoms with van der Waals surface area (Å²) >= 11 is 0. The lowest BCUT2D eigenvalue weighted by molar-refractivity contribution is 0.0710. The molecule has 0 spiro atoms. The van der Waals surface area contributed by atoms with Gasteiger partial charge in [-0.3, -0.25) is 9.48 Å². The minimum atomic E-state index is -3.48. The van der Waals surface area contributed by atoms with Crippen LogP contribution in [0.2, 0.25) is 0 Å². The normalized spacial score (nSPS) is 15.8. The van der Waals surface area contributed by atoms with Crippen LogP contribution in [0.25, 0.3) is 5.78 Å². The van der Waals surface area contributed by atoms with Crippen LogP contribution in [-0.4, -0.2) is 67.9 Å². The Balaban J connectivity index is 1.57. The van der Waals surface area contributed by atoms with E-state index in [1.807, 2.05) is 16.5 Å². The van der Waals surface area contributed by atoms with Gasteiger partial charge in [0.2, 0.25) is 0 Å². The summed E-state index contributed by atoms with van der Waals surface area (Å²) in [6.45, 7) is 5.83.